The standard InChI is InChI=1S/C21H30N6O/c28-20(9-4-14-27-18-22-23-24-27)26-13-6-11-21(17-26)10-5-12-25(16-21)15-19-7-2-1-3-8-19/h1-3,7-8,18H,4-6,9-17H2/t21-/m0/s1. The van der Waals surface area contributed by atoms with Crippen molar-refractivity contribution in [1.82, 2.24) is 30.0 Å². The maximum absolute atomic E-state index is 12.8. The number of amides is 1. The van der Waals surface area contributed by atoms with Crippen LogP contribution in [0.2, 0.25) is 0 Å². The summed E-state index contributed by atoms with van der Waals surface area (Å²) >= 11 is 0. The molecule has 2 saturated heterocycles. The Morgan fingerprint density at radius 1 is 1.07 bits per heavy atom. The van der Waals surface area contributed by atoms with Gasteiger partial charge >= 0.3 is 0 Å². The molecule has 1 atom stereocenters. The topological polar surface area (TPSA) is 67.2 Å². The van der Waals surface area contributed by atoms with E-state index in [-0.39, 0.29) is 11.3 Å². The van der Waals surface area contributed by atoms with Crippen LogP contribution in [0.3, 0.4) is 0 Å². The zero-order valence-electron chi connectivity index (χ0n) is 16.5. The molecule has 2 aromatic rings. The van der Waals surface area contributed by atoms with Gasteiger partial charge in [0, 0.05) is 44.6 Å². The van der Waals surface area contributed by atoms with Crippen LogP contribution in [0.4, 0.5) is 0 Å². The number of aryl methyl sites for hydroxylation is 1. The summed E-state index contributed by atoms with van der Waals surface area (Å²) in [7, 11) is 0. The minimum absolute atomic E-state index is 0.275. The van der Waals surface area contributed by atoms with Crippen LogP contribution in [0.25, 0.3) is 0 Å². The molecule has 4 rings (SSSR count). The molecule has 0 unspecified atom stereocenters. The van der Waals surface area contributed by atoms with Crippen molar-refractivity contribution >= 4 is 5.91 Å². The van der Waals surface area contributed by atoms with Crippen LogP contribution in [0.15, 0.2) is 36.7 Å². The van der Waals surface area contributed by atoms with Gasteiger partial charge < -0.3 is 4.90 Å². The lowest BCUT2D eigenvalue weighted by molar-refractivity contribution is -0.136. The number of rotatable bonds is 6. The molecule has 2 aliphatic heterocycles. The molecule has 1 aromatic carbocycles. The van der Waals surface area contributed by atoms with Crippen LogP contribution < -0.4 is 0 Å². The van der Waals surface area contributed by atoms with Crippen molar-refractivity contribution in [1.29, 1.82) is 0 Å². The Hall–Kier alpha value is -2.28. The molecule has 7 nitrogen and oxygen atoms in total. The molecule has 28 heavy (non-hydrogen) atoms. The number of carbonyl (C=O) groups excluding carboxylic acids is 1. The van der Waals surface area contributed by atoms with Crippen molar-refractivity contribution in [2.75, 3.05) is 26.2 Å². The Morgan fingerprint density at radius 3 is 2.68 bits per heavy atom. The number of hydrogen-bond donors (Lipinski definition) is 0. The number of aromatic nitrogens is 4. The lowest BCUT2D eigenvalue weighted by Crippen LogP contribution is -2.53. The van der Waals surface area contributed by atoms with E-state index >= 15 is 0 Å². The van der Waals surface area contributed by atoms with E-state index in [1.54, 1.807) is 11.0 Å². The first-order valence-corrected chi connectivity index (χ1v) is 10.5. The molecule has 1 aromatic heterocycles. The van der Waals surface area contributed by atoms with Gasteiger partial charge in [0.05, 0.1) is 0 Å². The van der Waals surface area contributed by atoms with E-state index in [1.807, 2.05) is 0 Å². The molecule has 0 aliphatic carbocycles. The highest BCUT2D eigenvalue weighted by molar-refractivity contribution is 5.76. The zero-order chi connectivity index (χ0) is 19.2. The second-order valence-electron chi connectivity index (χ2n) is 8.40. The Kier molecular flexibility index (Phi) is 6.00. The fourth-order valence-electron chi connectivity index (χ4n) is 4.87. The van der Waals surface area contributed by atoms with Crippen LogP contribution in [-0.4, -0.2) is 62.1 Å². The predicted octanol–water partition coefficient (Wildman–Crippen LogP) is 2.36. The molecule has 0 N–H and O–H groups in total. The van der Waals surface area contributed by atoms with Gasteiger partial charge in [0.1, 0.15) is 6.33 Å². The van der Waals surface area contributed by atoms with Crippen molar-refractivity contribution in [3.8, 4) is 0 Å². The van der Waals surface area contributed by atoms with Crippen molar-refractivity contribution in [3.63, 3.8) is 0 Å². The number of benzene rings is 1. The fraction of sp³-hybridized carbons (Fsp3) is 0.619. The van der Waals surface area contributed by atoms with Crippen LogP contribution in [0.1, 0.15) is 44.1 Å². The summed E-state index contributed by atoms with van der Waals surface area (Å²) in [5.41, 5.74) is 1.66. The summed E-state index contributed by atoms with van der Waals surface area (Å²) in [6, 6.07) is 10.7. The highest BCUT2D eigenvalue weighted by Gasteiger charge is 2.40. The molecule has 1 amide bonds. The van der Waals surface area contributed by atoms with Crippen LogP contribution in [0.5, 0.6) is 0 Å². The number of tetrazole rings is 1. The maximum atomic E-state index is 12.8. The molecule has 150 valence electrons. The van der Waals surface area contributed by atoms with Gasteiger partial charge in [-0.25, -0.2) is 4.68 Å². The number of likely N-dealkylation sites (tertiary alicyclic amines) is 2. The third-order valence-electron chi connectivity index (χ3n) is 6.17. The highest BCUT2D eigenvalue weighted by Crippen LogP contribution is 2.39. The van der Waals surface area contributed by atoms with E-state index in [1.165, 1.54) is 24.8 Å². The molecule has 2 aliphatic rings. The van der Waals surface area contributed by atoms with Crippen LogP contribution >= 0.6 is 0 Å². The lowest BCUT2D eigenvalue weighted by atomic mass is 9.73. The van der Waals surface area contributed by atoms with Gasteiger partial charge in [0.2, 0.25) is 5.91 Å². The van der Waals surface area contributed by atoms with E-state index in [0.717, 1.165) is 45.6 Å². The first-order chi connectivity index (χ1) is 13.7. The average molecular weight is 383 g/mol. The van der Waals surface area contributed by atoms with Gasteiger partial charge in [-0.2, -0.15) is 0 Å². The monoisotopic (exact) mass is 382 g/mol. The van der Waals surface area contributed by atoms with Gasteiger partial charge in [-0.3, -0.25) is 9.69 Å². The van der Waals surface area contributed by atoms with Crippen molar-refractivity contribution in [2.45, 2.75) is 51.6 Å². The smallest absolute Gasteiger partial charge is 0.222 e. The molecular formula is C21H30N6O. The SMILES string of the molecule is O=C(CCCn1cnnn1)N1CCC[C@]2(CCCN(Cc3ccccc3)C2)C1. The molecule has 2 fully saturated rings. The number of piperidine rings is 2. The molecule has 7 heteroatoms. The molecular weight excluding hydrogens is 352 g/mol. The first-order valence-electron chi connectivity index (χ1n) is 10.5. The van der Waals surface area contributed by atoms with Crippen LogP contribution in [-0.2, 0) is 17.9 Å². The molecule has 0 bridgehead atoms. The molecule has 1 spiro atoms. The Balaban J connectivity index is 1.30. The van der Waals surface area contributed by atoms with Gasteiger partial charge in [-0.1, -0.05) is 30.3 Å². The third kappa shape index (κ3) is 4.76. The first kappa shape index (κ1) is 19.1. The Bertz CT molecular complexity index is 746. The largest absolute Gasteiger partial charge is 0.342 e. The van der Waals surface area contributed by atoms with Gasteiger partial charge in [0.15, 0.2) is 0 Å². The Morgan fingerprint density at radius 2 is 1.89 bits per heavy atom. The second kappa shape index (κ2) is 8.82. The molecule has 0 radical (unpaired) electrons. The molecule has 0 saturated carbocycles. The number of carbonyl (C=O) groups is 1. The maximum Gasteiger partial charge on any atom is 0.222 e. The van der Waals surface area contributed by atoms with Crippen molar-refractivity contribution in [2.24, 2.45) is 5.41 Å². The number of nitrogens with zero attached hydrogens (tertiary/aromatic N) is 6. The van der Waals surface area contributed by atoms with Crippen LogP contribution in [0, 0.1) is 5.41 Å². The van der Waals surface area contributed by atoms with Gasteiger partial charge in [-0.05, 0) is 54.6 Å². The van der Waals surface area contributed by atoms with Crippen molar-refractivity contribution < 1.29 is 4.79 Å². The summed E-state index contributed by atoms with van der Waals surface area (Å²) in [5, 5.41) is 11.1. The van der Waals surface area contributed by atoms with E-state index in [4.69, 9.17) is 0 Å². The number of hydrogen-bond acceptors (Lipinski definition) is 5. The highest BCUT2D eigenvalue weighted by atomic mass is 16.2. The van der Waals surface area contributed by atoms with E-state index < -0.39 is 0 Å². The third-order valence-corrected chi connectivity index (χ3v) is 6.17. The summed E-state index contributed by atoms with van der Waals surface area (Å²) in [4.78, 5) is 17.5. The summed E-state index contributed by atoms with van der Waals surface area (Å²) < 4.78 is 1.69. The fourth-order valence-corrected chi connectivity index (χ4v) is 4.87. The second-order valence-corrected chi connectivity index (χ2v) is 8.40. The minimum Gasteiger partial charge on any atom is -0.342 e. The van der Waals surface area contributed by atoms with E-state index in [9.17, 15) is 4.79 Å². The summed E-state index contributed by atoms with van der Waals surface area (Å²) in [5.74, 6) is 0.285. The summed E-state index contributed by atoms with van der Waals surface area (Å²) in [6.45, 7) is 5.81. The molecule has 3 heterocycles. The van der Waals surface area contributed by atoms with Crippen molar-refractivity contribution in [3.05, 3.63) is 42.2 Å². The normalized spacial score (nSPS) is 23.2. The van der Waals surface area contributed by atoms with E-state index in [0.29, 0.717) is 13.0 Å². The van der Waals surface area contributed by atoms with Gasteiger partial charge in [0.25, 0.3) is 0 Å². The van der Waals surface area contributed by atoms with Gasteiger partial charge in [-0.15, -0.1) is 5.10 Å². The summed E-state index contributed by atoms with van der Waals surface area (Å²) in [6.07, 6.45) is 7.80. The Labute approximate surface area is 166 Å². The quantitative estimate of drug-likeness (QED) is 0.767. The zero-order valence-corrected chi connectivity index (χ0v) is 16.5. The predicted molar refractivity (Wildman–Crippen MR) is 106 cm³/mol. The minimum atomic E-state index is 0.275. The lowest BCUT2D eigenvalue weighted by Gasteiger charge is -2.48. The van der Waals surface area contributed by atoms with E-state index in [2.05, 4.69) is 55.7 Å². The average Bonchev–Trinajstić information content (AvgIpc) is 3.22.